The van der Waals surface area contributed by atoms with Gasteiger partial charge in [0.1, 0.15) is 19.3 Å². The number of carbonyl (C=O) groups is 4. The fourth-order valence-corrected chi connectivity index (χ4v) is 11.8. The van der Waals surface area contributed by atoms with Gasteiger partial charge < -0.3 is 33.8 Å². The molecule has 87 heavy (non-hydrogen) atoms. The maximum Gasteiger partial charge on any atom is 0.472 e. The van der Waals surface area contributed by atoms with Crippen LogP contribution in [0.15, 0.2) is 0 Å². The number of carbonyl (C=O) groups excluding carboxylic acids is 4. The standard InChI is InChI=1S/C68H132O17P2/c1-6-10-13-16-19-22-24-25-27-32-37-42-47-52-66(71)79-58-64(85-68(73)54-49-44-39-34-29-28-31-35-40-45-50-61(5)9-4)60-83-87(76,77)81-56-62(69)55-80-86(74,75)82-59-63(57-78-65(70)51-46-41-36-30-21-18-15-12-8-3)84-67(72)53-48-43-38-33-26-23-20-17-14-11-7-2/h61-64,69H,6-60H2,1-5H3,(H,74,75)(H,76,77)/t61?,62-,63+,64+/m0/s1. The van der Waals surface area contributed by atoms with Crippen LogP contribution in [-0.2, 0) is 65.4 Å². The van der Waals surface area contributed by atoms with Gasteiger partial charge in [-0.05, 0) is 31.6 Å². The van der Waals surface area contributed by atoms with Gasteiger partial charge in [-0.25, -0.2) is 9.13 Å². The van der Waals surface area contributed by atoms with E-state index in [1.165, 1.54) is 173 Å². The minimum atomic E-state index is -4.95. The topological polar surface area (TPSA) is 237 Å². The molecule has 0 bridgehead atoms. The van der Waals surface area contributed by atoms with E-state index in [-0.39, 0.29) is 25.7 Å². The monoisotopic (exact) mass is 1280 g/mol. The summed E-state index contributed by atoms with van der Waals surface area (Å²) in [5, 5.41) is 10.6. The molecule has 3 unspecified atom stereocenters. The zero-order chi connectivity index (χ0) is 64.2. The van der Waals surface area contributed by atoms with Crippen LogP contribution in [0.3, 0.4) is 0 Å². The van der Waals surface area contributed by atoms with E-state index in [0.717, 1.165) is 95.8 Å². The summed E-state index contributed by atoms with van der Waals surface area (Å²) in [6.45, 7) is 7.24. The third-order valence-corrected chi connectivity index (χ3v) is 18.0. The fourth-order valence-electron chi connectivity index (χ4n) is 10.3. The SMILES string of the molecule is CCCCCCCCCCCCCCCC(=O)OC[C@H](COP(=O)(O)OC[C@@H](O)COP(=O)(O)OC[C@@H](COC(=O)CCCCCCCCCCC)OC(=O)CCCCCCCCCCCCC)OC(=O)CCCCCCCCCCCCC(C)CC. The highest BCUT2D eigenvalue weighted by molar-refractivity contribution is 7.47. The van der Waals surface area contributed by atoms with Crippen molar-refractivity contribution in [1.82, 2.24) is 0 Å². The van der Waals surface area contributed by atoms with E-state index in [1.807, 2.05) is 0 Å². The summed E-state index contributed by atoms with van der Waals surface area (Å²) >= 11 is 0. The number of hydrogen-bond donors (Lipinski definition) is 3. The van der Waals surface area contributed by atoms with E-state index in [2.05, 4.69) is 34.6 Å². The minimum Gasteiger partial charge on any atom is -0.462 e. The van der Waals surface area contributed by atoms with Crippen molar-refractivity contribution in [2.45, 2.75) is 368 Å². The number of aliphatic hydroxyl groups excluding tert-OH is 1. The molecular formula is C68H132O17P2. The average molecular weight is 1280 g/mol. The molecule has 19 heteroatoms. The molecule has 0 rings (SSSR count). The molecule has 0 aliphatic rings. The molecule has 17 nitrogen and oxygen atoms in total. The smallest absolute Gasteiger partial charge is 0.462 e. The molecule has 0 saturated carbocycles. The van der Waals surface area contributed by atoms with Crippen molar-refractivity contribution in [2.24, 2.45) is 5.92 Å². The molecule has 6 atom stereocenters. The lowest BCUT2D eigenvalue weighted by molar-refractivity contribution is -0.161. The van der Waals surface area contributed by atoms with E-state index >= 15 is 0 Å². The van der Waals surface area contributed by atoms with Crippen LogP contribution >= 0.6 is 15.6 Å². The van der Waals surface area contributed by atoms with E-state index < -0.39 is 97.5 Å². The lowest BCUT2D eigenvalue weighted by Crippen LogP contribution is -2.30. The minimum absolute atomic E-state index is 0.107. The van der Waals surface area contributed by atoms with Crippen LogP contribution in [0.1, 0.15) is 349 Å². The van der Waals surface area contributed by atoms with Crippen LogP contribution in [0.25, 0.3) is 0 Å². The zero-order valence-corrected chi connectivity index (χ0v) is 57.9. The molecule has 0 aromatic rings. The molecule has 0 radical (unpaired) electrons. The van der Waals surface area contributed by atoms with Gasteiger partial charge in [-0.1, -0.05) is 298 Å². The maximum atomic E-state index is 13.0. The van der Waals surface area contributed by atoms with Crippen LogP contribution in [0.2, 0.25) is 0 Å². The predicted molar refractivity (Wildman–Crippen MR) is 349 cm³/mol. The highest BCUT2D eigenvalue weighted by atomic mass is 31.2. The lowest BCUT2D eigenvalue weighted by atomic mass is 9.99. The first kappa shape index (κ1) is 85.1. The molecular weight excluding hydrogens is 1150 g/mol. The number of phosphoric acid groups is 2. The molecule has 0 aliphatic heterocycles. The number of phosphoric ester groups is 2. The van der Waals surface area contributed by atoms with Gasteiger partial charge in [0, 0.05) is 25.7 Å². The van der Waals surface area contributed by atoms with Crippen LogP contribution in [-0.4, -0.2) is 96.7 Å². The third kappa shape index (κ3) is 61.3. The van der Waals surface area contributed by atoms with E-state index in [1.54, 1.807) is 0 Å². The Hall–Kier alpha value is -1.94. The molecule has 0 heterocycles. The summed E-state index contributed by atoms with van der Waals surface area (Å²) < 4.78 is 68.2. The Labute approximate surface area is 530 Å². The van der Waals surface area contributed by atoms with Crippen molar-refractivity contribution in [3.8, 4) is 0 Å². The van der Waals surface area contributed by atoms with Crippen LogP contribution in [0, 0.1) is 5.92 Å². The predicted octanol–water partition coefficient (Wildman–Crippen LogP) is 19.4. The van der Waals surface area contributed by atoms with Crippen LogP contribution in [0.4, 0.5) is 0 Å². The van der Waals surface area contributed by atoms with E-state index in [0.29, 0.717) is 25.7 Å². The third-order valence-electron chi connectivity index (χ3n) is 16.1. The summed E-state index contributed by atoms with van der Waals surface area (Å²) in [6.07, 6.45) is 47.0. The average Bonchev–Trinajstić information content (AvgIpc) is 3.71. The zero-order valence-electron chi connectivity index (χ0n) is 56.2. The maximum absolute atomic E-state index is 13.0. The second-order valence-electron chi connectivity index (χ2n) is 24.8. The first-order valence-corrected chi connectivity index (χ1v) is 38.7. The number of aliphatic hydroxyl groups is 1. The molecule has 3 N–H and O–H groups in total. The second-order valence-corrected chi connectivity index (χ2v) is 27.7. The fraction of sp³-hybridized carbons (Fsp3) is 0.941. The van der Waals surface area contributed by atoms with Gasteiger partial charge in [0.05, 0.1) is 26.4 Å². The normalized spacial score (nSPS) is 14.4. The van der Waals surface area contributed by atoms with Crippen molar-refractivity contribution >= 4 is 39.5 Å². The van der Waals surface area contributed by atoms with Gasteiger partial charge in [-0.3, -0.25) is 37.3 Å². The summed E-state index contributed by atoms with van der Waals surface area (Å²) in [4.78, 5) is 72.4. The molecule has 0 amide bonds. The summed E-state index contributed by atoms with van der Waals surface area (Å²) in [6, 6.07) is 0. The van der Waals surface area contributed by atoms with E-state index in [4.69, 9.17) is 37.0 Å². The number of hydrogen-bond acceptors (Lipinski definition) is 15. The molecule has 516 valence electrons. The van der Waals surface area contributed by atoms with Crippen molar-refractivity contribution in [3.05, 3.63) is 0 Å². The summed E-state index contributed by atoms with van der Waals surface area (Å²) in [5.41, 5.74) is 0. The van der Waals surface area contributed by atoms with Gasteiger partial charge in [0.2, 0.25) is 0 Å². The van der Waals surface area contributed by atoms with Crippen molar-refractivity contribution in [3.63, 3.8) is 0 Å². The number of unbranched alkanes of at least 4 members (excludes halogenated alkanes) is 39. The quantitative estimate of drug-likeness (QED) is 0.0222. The first-order chi connectivity index (χ1) is 42.1. The van der Waals surface area contributed by atoms with Crippen LogP contribution < -0.4 is 0 Å². The van der Waals surface area contributed by atoms with Gasteiger partial charge in [-0.15, -0.1) is 0 Å². The molecule has 0 saturated heterocycles. The Morgan fingerprint density at radius 2 is 0.552 bits per heavy atom. The first-order valence-electron chi connectivity index (χ1n) is 35.7. The molecule has 0 aromatic carbocycles. The second kappa shape index (κ2) is 61.6. The highest BCUT2D eigenvalue weighted by Crippen LogP contribution is 2.45. The van der Waals surface area contributed by atoms with Crippen molar-refractivity contribution in [1.29, 1.82) is 0 Å². The Bertz CT molecular complexity index is 1690. The Morgan fingerprint density at radius 1 is 0.322 bits per heavy atom. The largest absolute Gasteiger partial charge is 0.472 e. The molecule has 0 aromatic heterocycles. The summed E-state index contributed by atoms with van der Waals surface area (Å²) in [5.74, 6) is -1.32. The number of esters is 4. The van der Waals surface area contributed by atoms with Gasteiger partial charge in [0.25, 0.3) is 0 Å². The molecule has 0 aliphatic carbocycles. The van der Waals surface area contributed by atoms with Gasteiger partial charge in [0.15, 0.2) is 12.2 Å². The Balaban J connectivity index is 5.24. The van der Waals surface area contributed by atoms with Crippen molar-refractivity contribution in [2.75, 3.05) is 39.6 Å². The Morgan fingerprint density at radius 3 is 0.816 bits per heavy atom. The van der Waals surface area contributed by atoms with E-state index in [9.17, 15) is 43.2 Å². The summed E-state index contributed by atoms with van der Waals surface area (Å²) in [7, 11) is -9.89. The molecule has 0 spiro atoms. The lowest BCUT2D eigenvalue weighted by Gasteiger charge is -2.21. The highest BCUT2D eigenvalue weighted by Gasteiger charge is 2.30. The van der Waals surface area contributed by atoms with Crippen molar-refractivity contribution < 1.29 is 80.2 Å². The van der Waals surface area contributed by atoms with Gasteiger partial charge in [-0.2, -0.15) is 0 Å². The van der Waals surface area contributed by atoms with Gasteiger partial charge >= 0.3 is 39.5 Å². The number of rotatable bonds is 68. The molecule has 0 fully saturated rings. The Kier molecular flexibility index (Phi) is 60.2. The number of ether oxygens (including phenoxy) is 4. The van der Waals surface area contributed by atoms with Crippen LogP contribution in [0.5, 0.6) is 0 Å².